The summed E-state index contributed by atoms with van der Waals surface area (Å²) in [6.45, 7) is 2.08. The first-order valence-corrected chi connectivity index (χ1v) is 6.26. The fraction of sp³-hybridized carbons (Fsp3) is 0.429. The highest BCUT2D eigenvalue weighted by Gasteiger charge is 2.53. The molecule has 0 aromatic heterocycles. The zero-order valence-corrected chi connectivity index (χ0v) is 11.0. The molecule has 0 aliphatic carbocycles. The van der Waals surface area contributed by atoms with Gasteiger partial charge in [-0.3, -0.25) is 9.69 Å². The van der Waals surface area contributed by atoms with Crippen molar-refractivity contribution in [3.05, 3.63) is 35.9 Å². The van der Waals surface area contributed by atoms with Gasteiger partial charge in [-0.2, -0.15) is 0 Å². The summed E-state index contributed by atoms with van der Waals surface area (Å²) in [4.78, 5) is 24.8. The standard InChI is InChI=1S/C14H17NO4/c1-3-19-14(17)15-11(9-12(16)18-2)13(15)10-7-5-4-6-8-10/h4-8,11,13H,3,9H2,1-2H3/t11-,13-,15?/m0/s1. The average molecular weight is 263 g/mol. The number of benzene rings is 1. The molecule has 1 saturated heterocycles. The van der Waals surface area contributed by atoms with Gasteiger partial charge in [-0.05, 0) is 12.5 Å². The van der Waals surface area contributed by atoms with Crippen LogP contribution in [0.2, 0.25) is 0 Å². The van der Waals surface area contributed by atoms with E-state index in [1.54, 1.807) is 11.8 Å². The smallest absolute Gasteiger partial charge is 0.410 e. The Hall–Kier alpha value is -2.04. The Labute approximate surface area is 112 Å². The molecular weight excluding hydrogens is 246 g/mol. The van der Waals surface area contributed by atoms with Crippen molar-refractivity contribution < 1.29 is 19.1 Å². The number of carbonyl (C=O) groups is 2. The average Bonchev–Trinajstić information content (AvgIpc) is 3.14. The Balaban J connectivity index is 2.11. The van der Waals surface area contributed by atoms with E-state index in [9.17, 15) is 9.59 Å². The van der Waals surface area contributed by atoms with E-state index < -0.39 is 0 Å². The Bertz CT molecular complexity index is 460. The normalized spacial score (nSPS) is 20.8. The Morgan fingerprint density at radius 2 is 1.95 bits per heavy atom. The molecular formula is C14H17NO4. The Kier molecular flexibility index (Phi) is 4.04. The van der Waals surface area contributed by atoms with Crippen LogP contribution in [0, 0.1) is 0 Å². The van der Waals surface area contributed by atoms with E-state index >= 15 is 0 Å². The van der Waals surface area contributed by atoms with Crippen molar-refractivity contribution >= 4 is 12.1 Å². The van der Waals surface area contributed by atoms with Gasteiger partial charge >= 0.3 is 12.1 Å². The monoisotopic (exact) mass is 263 g/mol. The predicted octanol–water partition coefficient (Wildman–Crippen LogP) is 2.13. The van der Waals surface area contributed by atoms with Crippen molar-refractivity contribution in [1.82, 2.24) is 4.90 Å². The van der Waals surface area contributed by atoms with Gasteiger partial charge in [0.2, 0.25) is 0 Å². The van der Waals surface area contributed by atoms with Gasteiger partial charge in [0.15, 0.2) is 0 Å². The largest absolute Gasteiger partial charge is 0.469 e. The van der Waals surface area contributed by atoms with Gasteiger partial charge in [0.25, 0.3) is 0 Å². The third-order valence-corrected chi connectivity index (χ3v) is 3.15. The van der Waals surface area contributed by atoms with Crippen molar-refractivity contribution in [3.63, 3.8) is 0 Å². The summed E-state index contributed by atoms with van der Waals surface area (Å²) in [5.74, 6) is -0.322. The van der Waals surface area contributed by atoms with E-state index in [-0.39, 0.29) is 30.6 Å². The molecule has 1 aliphatic rings. The molecule has 1 aromatic carbocycles. The third kappa shape index (κ3) is 2.86. The molecule has 1 aromatic rings. The Morgan fingerprint density at radius 3 is 2.53 bits per heavy atom. The van der Waals surface area contributed by atoms with Gasteiger partial charge in [-0.25, -0.2) is 4.79 Å². The summed E-state index contributed by atoms with van der Waals surface area (Å²) in [6.07, 6.45) is -0.195. The van der Waals surface area contributed by atoms with E-state index in [0.29, 0.717) is 6.61 Å². The minimum atomic E-state index is -0.384. The van der Waals surface area contributed by atoms with E-state index in [4.69, 9.17) is 4.74 Å². The van der Waals surface area contributed by atoms with Crippen molar-refractivity contribution in [2.45, 2.75) is 25.4 Å². The van der Waals surface area contributed by atoms with Crippen molar-refractivity contribution in [3.8, 4) is 0 Å². The van der Waals surface area contributed by atoms with Gasteiger partial charge in [0.05, 0.1) is 32.2 Å². The summed E-state index contributed by atoms with van der Waals surface area (Å²) >= 11 is 0. The first kappa shape index (κ1) is 13.4. The molecule has 1 heterocycles. The summed E-state index contributed by atoms with van der Waals surface area (Å²) in [5.41, 5.74) is 1.00. The van der Waals surface area contributed by atoms with Gasteiger partial charge in [0.1, 0.15) is 0 Å². The van der Waals surface area contributed by atoms with Gasteiger partial charge < -0.3 is 9.47 Å². The lowest BCUT2D eigenvalue weighted by molar-refractivity contribution is -0.140. The molecule has 1 amide bonds. The molecule has 0 unspecified atom stereocenters. The molecule has 1 aliphatic heterocycles. The predicted molar refractivity (Wildman–Crippen MR) is 68.5 cm³/mol. The summed E-state index contributed by atoms with van der Waals surface area (Å²) < 4.78 is 9.65. The number of amides is 1. The van der Waals surface area contributed by atoms with Crippen molar-refractivity contribution in [1.29, 1.82) is 0 Å². The molecule has 19 heavy (non-hydrogen) atoms. The molecule has 0 N–H and O–H groups in total. The van der Waals surface area contributed by atoms with E-state index in [2.05, 4.69) is 4.74 Å². The number of carbonyl (C=O) groups excluding carboxylic acids is 2. The number of nitrogens with zero attached hydrogens (tertiary/aromatic N) is 1. The zero-order valence-electron chi connectivity index (χ0n) is 11.0. The number of hydrogen-bond acceptors (Lipinski definition) is 4. The van der Waals surface area contributed by atoms with Gasteiger partial charge in [-0.15, -0.1) is 0 Å². The van der Waals surface area contributed by atoms with Crippen LogP contribution >= 0.6 is 0 Å². The summed E-state index contributed by atoms with van der Waals surface area (Å²) in [6, 6.07) is 9.34. The van der Waals surface area contributed by atoms with E-state index in [1.807, 2.05) is 30.3 Å². The molecule has 0 radical (unpaired) electrons. The number of esters is 1. The zero-order chi connectivity index (χ0) is 13.8. The van der Waals surface area contributed by atoms with Crippen LogP contribution in [-0.2, 0) is 14.3 Å². The molecule has 2 atom stereocenters. The second-order valence-electron chi connectivity index (χ2n) is 4.31. The van der Waals surface area contributed by atoms with Crippen LogP contribution in [-0.4, -0.2) is 36.7 Å². The highest BCUT2D eigenvalue weighted by Crippen LogP contribution is 2.45. The minimum Gasteiger partial charge on any atom is -0.469 e. The van der Waals surface area contributed by atoms with E-state index in [0.717, 1.165) is 5.56 Å². The molecule has 0 bridgehead atoms. The van der Waals surface area contributed by atoms with Crippen molar-refractivity contribution in [2.24, 2.45) is 0 Å². The molecule has 0 saturated carbocycles. The van der Waals surface area contributed by atoms with Gasteiger partial charge in [0, 0.05) is 0 Å². The highest BCUT2D eigenvalue weighted by molar-refractivity contribution is 5.77. The van der Waals surface area contributed by atoms with Crippen LogP contribution < -0.4 is 0 Å². The number of hydrogen-bond donors (Lipinski definition) is 0. The van der Waals surface area contributed by atoms with Crippen LogP contribution in [0.15, 0.2) is 30.3 Å². The molecule has 102 valence electrons. The lowest BCUT2D eigenvalue weighted by Crippen LogP contribution is -2.17. The van der Waals surface area contributed by atoms with E-state index in [1.165, 1.54) is 7.11 Å². The lowest BCUT2D eigenvalue weighted by Gasteiger charge is -2.04. The molecule has 5 heteroatoms. The lowest BCUT2D eigenvalue weighted by atomic mass is 10.1. The Morgan fingerprint density at radius 1 is 1.26 bits per heavy atom. The van der Waals surface area contributed by atoms with Crippen LogP contribution in [0.5, 0.6) is 0 Å². The van der Waals surface area contributed by atoms with Crippen LogP contribution in [0.1, 0.15) is 24.9 Å². The maximum Gasteiger partial charge on any atom is 0.410 e. The van der Waals surface area contributed by atoms with Crippen LogP contribution in [0.4, 0.5) is 4.79 Å². The summed E-state index contributed by atoms with van der Waals surface area (Å²) in [7, 11) is 1.34. The second-order valence-corrected chi connectivity index (χ2v) is 4.31. The summed E-state index contributed by atoms with van der Waals surface area (Å²) in [5, 5.41) is 0. The van der Waals surface area contributed by atoms with Gasteiger partial charge in [-0.1, -0.05) is 30.3 Å². The minimum absolute atomic E-state index is 0.0978. The maximum absolute atomic E-state index is 11.8. The molecule has 5 nitrogen and oxygen atoms in total. The fourth-order valence-corrected chi connectivity index (χ4v) is 2.22. The number of rotatable bonds is 4. The second kappa shape index (κ2) is 5.73. The third-order valence-electron chi connectivity index (χ3n) is 3.15. The molecule has 2 rings (SSSR count). The maximum atomic E-state index is 11.8. The molecule has 0 spiro atoms. The van der Waals surface area contributed by atoms with Crippen molar-refractivity contribution in [2.75, 3.05) is 13.7 Å². The SMILES string of the molecule is CCOC(=O)N1[C@@H](CC(=O)OC)[C@@H]1c1ccccc1. The highest BCUT2D eigenvalue weighted by atomic mass is 16.6. The number of methoxy groups -OCH3 is 1. The first-order valence-electron chi connectivity index (χ1n) is 6.26. The number of ether oxygens (including phenoxy) is 2. The fourth-order valence-electron chi connectivity index (χ4n) is 2.22. The van der Waals surface area contributed by atoms with Crippen LogP contribution in [0.25, 0.3) is 0 Å². The first-order chi connectivity index (χ1) is 9.19. The quantitative estimate of drug-likeness (QED) is 0.617. The molecule has 1 fully saturated rings. The van der Waals surface area contributed by atoms with Crippen LogP contribution in [0.3, 0.4) is 0 Å². The topological polar surface area (TPSA) is 55.6 Å².